The van der Waals surface area contributed by atoms with E-state index in [4.69, 9.17) is 9.47 Å². The number of rotatable bonds is 13. The number of nitrogens with zero attached hydrogens (tertiary/aromatic N) is 4. The van der Waals surface area contributed by atoms with Crippen molar-refractivity contribution in [3.63, 3.8) is 0 Å². The molecule has 0 aromatic heterocycles. The predicted molar refractivity (Wildman–Crippen MR) is 132 cm³/mol. The van der Waals surface area contributed by atoms with E-state index in [1.54, 1.807) is 0 Å². The lowest BCUT2D eigenvalue weighted by molar-refractivity contribution is -0.141. The van der Waals surface area contributed by atoms with Crippen molar-refractivity contribution in [3.05, 3.63) is 24.4 Å². The second-order valence-electron chi connectivity index (χ2n) is 9.08. The van der Waals surface area contributed by atoms with Crippen molar-refractivity contribution in [1.29, 1.82) is 0 Å². The van der Waals surface area contributed by atoms with E-state index in [9.17, 15) is 9.59 Å². The maximum Gasteiger partial charge on any atom is 0.242 e. The van der Waals surface area contributed by atoms with Crippen LogP contribution in [0.5, 0.6) is 0 Å². The molecule has 3 rings (SSSR count). The highest BCUT2D eigenvalue weighted by molar-refractivity contribution is 5.87. The molecule has 0 aromatic carbocycles. The van der Waals surface area contributed by atoms with Crippen LogP contribution in [0.25, 0.3) is 0 Å². The van der Waals surface area contributed by atoms with E-state index in [1.165, 1.54) is 0 Å². The third kappa shape index (κ3) is 9.02. The Labute approximate surface area is 204 Å². The van der Waals surface area contributed by atoms with Gasteiger partial charge in [0.05, 0.1) is 26.4 Å². The molecule has 3 aliphatic rings. The molecular weight excluding hydrogens is 434 g/mol. The second kappa shape index (κ2) is 15.1. The molecule has 1 N–H and O–H groups in total. The molecule has 1 atom stereocenters. The average molecular weight is 478 g/mol. The van der Waals surface area contributed by atoms with Gasteiger partial charge in [-0.2, -0.15) is 0 Å². The zero-order valence-corrected chi connectivity index (χ0v) is 20.8. The Morgan fingerprint density at radius 2 is 1.65 bits per heavy atom. The molecule has 2 amide bonds. The fraction of sp³-hybridized carbons (Fsp3) is 0.760. The molecule has 9 heteroatoms. The first-order chi connectivity index (χ1) is 16.7. The van der Waals surface area contributed by atoms with Gasteiger partial charge >= 0.3 is 0 Å². The standard InChI is InChI=1S/C25H43N5O4/c1-2-23(25(32)26-8-12-28-15-19-33-20-16-28)30(14-13-29-17-21-34-22-18-29)24(31)7-6-11-27-9-4-3-5-10-27/h3-5,9,23H,2,6-8,10-22H2,1H3,(H,26,32). The molecule has 0 aliphatic carbocycles. The van der Waals surface area contributed by atoms with Crippen molar-refractivity contribution in [1.82, 2.24) is 24.9 Å². The van der Waals surface area contributed by atoms with E-state index in [-0.39, 0.29) is 11.8 Å². The Bertz CT molecular complexity index is 674. The van der Waals surface area contributed by atoms with Gasteiger partial charge in [-0.15, -0.1) is 0 Å². The van der Waals surface area contributed by atoms with Gasteiger partial charge in [-0.05, 0) is 25.1 Å². The third-order valence-electron chi connectivity index (χ3n) is 6.70. The van der Waals surface area contributed by atoms with Gasteiger partial charge in [0.25, 0.3) is 0 Å². The molecule has 34 heavy (non-hydrogen) atoms. The van der Waals surface area contributed by atoms with Crippen LogP contribution in [0.4, 0.5) is 0 Å². The van der Waals surface area contributed by atoms with Gasteiger partial charge in [0, 0.05) is 71.9 Å². The second-order valence-corrected chi connectivity index (χ2v) is 9.08. The minimum absolute atomic E-state index is 0.0461. The summed E-state index contributed by atoms with van der Waals surface area (Å²) in [7, 11) is 0. The van der Waals surface area contributed by atoms with E-state index in [0.29, 0.717) is 25.9 Å². The molecule has 9 nitrogen and oxygen atoms in total. The Balaban J connectivity index is 1.52. The number of amides is 2. The van der Waals surface area contributed by atoms with Gasteiger partial charge in [-0.1, -0.05) is 19.1 Å². The lowest BCUT2D eigenvalue weighted by atomic mass is 10.1. The molecule has 0 saturated carbocycles. The molecule has 0 bridgehead atoms. The Morgan fingerprint density at radius 1 is 0.971 bits per heavy atom. The summed E-state index contributed by atoms with van der Waals surface area (Å²) in [6, 6.07) is -0.434. The lowest BCUT2D eigenvalue weighted by Gasteiger charge is -2.34. The first-order valence-corrected chi connectivity index (χ1v) is 12.9. The molecule has 2 fully saturated rings. The molecule has 2 saturated heterocycles. The Hall–Kier alpha value is -1.94. The molecule has 3 aliphatic heterocycles. The normalized spacial score (nSPS) is 20.3. The van der Waals surface area contributed by atoms with Crippen LogP contribution in [0.15, 0.2) is 24.4 Å². The quantitative estimate of drug-likeness (QED) is 0.415. The number of ether oxygens (including phenoxy) is 2. The molecule has 3 heterocycles. The summed E-state index contributed by atoms with van der Waals surface area (Å²) in [5, 5.41) is 3.09. The van der Waals surface area contributed by atoms with E-state index in [2.05, 4.69) is 32.3 Å². The summed E-state index contributed by atoms with van der Waals surface area (Å²) >= 11 is 0. The summed E-state index contributed by atoms with van der Waals surface area (Å²) in [4.78, 5) is 35.1. The summed E-state index contributed by atoms with van der Waals surface area (Å²) in [5.74, 6) is 0.0233. The van der Waals surface area contributed by atoms with E-state index < -0.39 is 6.04 Å². The van der Waals surface area contributed by atoms with Gasteiger partial charge in [0.15, 0.2) is 0 Å². The topological polar surface area (TPSA) is 77.6 Å². The van der Waals surface area contributed by atoms with Crippen LogP contribution in [0, 0.1) is 0 Å². The highest BCUT2D eigenvalue weighted by atomic mass is 16.5. The lowest BCUT2D eigenvalue weighted by Crippen LogP contribution is -2.53. The zero-order valence-electron chi connectivity index (χ0n) is 20.8. The zero-order chi connectivity index (χ0) is 24.0. The SMILES string of the molecule is CCC(C(=O)NCCN1CCOCC1)N(CCN1CCOCC1)C(=O)CCCN1C=CC=CC1. The average Bonchev–Trinajstić information content (AvgIpc) is 2.88. The highest BCUT2D eigenvalue weighted by Crippen LogP contribution is 2.11. The van der Waals surface area contributed by atoms with Crippen LogP contribution in [-0.4, -0.2) is 129 Å². The van der Waals surface area contributed by atoms with Crippen LogP contribution in [0.2, 0.25) is 0 Å². The predicted octanol–water partition coefficient (Wildman–Crippen LogP) is 0.540. The molecule has 0 spiro atoms. The van der Waals surface area contributed by atoms with Crippen LogP contribution in [-0.2, 0) is 19.1 Å². The summed E-state index contributed by atoms with van der Waals surface area (Å²) in [6.45, 7) is 13.0. The number of morpholine rings is 2. The number of nitrogens with one attached hydrogen (secondary N) is 1. The molecular formula is C25H43N5O4. The fourth-order valence-electron chi connectivity index (χ4n) is 4.61. The van der Waals surface area contributed by atoms with Gasteiger partial charge in [0.2, 0.25) is 11.8 Å². The minimum atomic E-state index is -0.434. The van der Waals surface area contributed by atoms with Gasteiger partial charge in [0.1, 0.15) is 6.04 Å². The van der Waals surface area contributed by atoms with Crippen molar-refractivity contribution in [2.45, 2.75) is 32.2 Å². The maximum atomic E-state index is 13.3. The van der Waals surface area contributed by atoms with Crippen LogP contribution >= 0.6 is 0 Å². The number of carbonyl (C=O) groups is 2. The Morgan fingerprint density at radius 3 is 2.26 bits per heavy atom. The summed E-state index contributed by atoms with van der Waals surface area (Å²) in [5.41, 5.74) is 0. The fourth-order valence-corrected chi connectivity index (χ4v) is 4.61. The number of carbonyl (C=O) groups excluding carboxylic acids is 2. The first-order valence-electron chi connectivity index (χ1n) is 12.9. The monoisotopic (exact) mass is 477 g/mol. The number of hydrogen-bond acceptors (Lipinski definition) is 7. The molecule has 0 radical (unpaired) electrons. The molecule has 192 valence electrons. The van der Waals surface area contributed by atoms with E-state index in [0.717, 1.165) is 85.2 Å². The summed E-state index contributed by atoms with van der Waals surface area (Å²) < 4.78 is 10.8. The maximum absolute atomic E-state index is 13.3. The van der Waals surface area contributed by atoms with Crippen LogP contribution in [0.3, 0.4) is 0 Å². The molecule has 1 unspecified atom stereocenters. The van der Waals surface area contributed by atoms with Crippen molar-refractivity contribution in [3.8, 4) is 0 Å². The number of hydrogen-bond donors (Lipinski definition) is 1. The largest absolute Gasteiger partial charge is 0.379 e. The van der Waals surface area contributed by atoms with E-state index >= 15 is 0 Å². The Kier molecular flexibility index (Phi) is 11.9. The van der Waals surface area contributed by atoms with Crippen molar-refractivity contribution in [2.75, 3.05) is 91.9 Å². The minimum Gasteiger partial charge on any atom is -0.379 e. The highest BCUT2D eigenvalue weighted by Gasteiger charge is 2.28. The molecule has 0 aromatic rings. The van der Waals surface area contributed by atoms with Gasteiger partial charge < -0.3 is 24.6 Å². The number of allylic oxidation sites excluding steroid dienone is 2. The summed E-state index contributed by atoms with van der Waals surface area (Å²) in [6.07, 6.45) is 10.1. The van der Waals surface area contributed by atoms with Crippen LogP contribution in [0.1, 0.15) is 26.2 Å². The van der Waals surface area contributed by atoms with Crippen LogP contribution < -0.4 is 5.32 Å². The van der Waals surface area contributed by atoms with Crippen molar-refractivity contribution < 1.29 is 19.1 Å². The van der Waals surface area contributed by atoms with Crippen molar-refractivity contribution >= 4 is 11.8 Å². The van der Waals surface area contributed by atoms with Gasteiger partial charge in [-0.25, -0.2) is 0 Å². The van der Waals surface area contributed by atoms with Crippen molar-refractivity contribution in [2.24, 2.45) is 0 Å². The van der Waals surface area contributed by atoms with E-state index in [1.807, 2.05) is 24.0 Å². The first kappa shape index (κ1) is 26.7. The van der Waals surface area contributed by atoms with Gasteiger partial charge in [-0.3, -0.25) is 19.4 Å². The third-order valence-corrected chi connectivity index (χ3v) is 6.70. The smallest absolute Gasteiger partial charge is 0.242 e.